The second-order valence-electron chi connectivity index (χ2n) is 6.75. The van der Waals surface area contributed by atoms with E-state index in [1.54, 1.807) is 7.05 Å². The van der Waals surface area contributed by atoms with Gasteiger partial charge in [-0.25, -0.2) is 0 Å². The number of likely N-dealkylation sites (N-methyl/N-ethyl adjacent to an activating group) is 1. The molecule has 1 aliphatic rings. The predicted octanol–water partition coefficient (Wildman–Crippen LogP) is 2.67. The van der Waals surface area contributed by atoms with Gasteiger partial charge in [0.1, 0.15) is 0 Å². The molecular weight excluding hydrogens is 304 g/mol. The highest BCUT2D eigenvalue weighted by Crippen LogP contribution is 2.28. The van der Waals surface area contributed by atoms with Crippen molar-refractivity contribution >= 4 is 11.8 Å². The molecule has 0 saturated heterocycles. The molecule has 0 radical (unpaired) electrons. The second kappa shape index (κ2) is 8.83. The van der Waals surface area contributed by atoms with Gasteiger partial charge < -0.3 is 15.0 Å². The van der Waals surface area contributed by atoms with Crippen LogP contribution in [0, 0.1) is 0 Å². The summed E-state index contributed by atoms with van der Waals surface area (Å²) in [6.45, 7) is 3.83. The topological polar surface area (TPSA) is 58.6 Å². The van der Waals surface area contributed by atoms with Gasteiger partial charge in [-0.15, -0.1) is 0 Å². The Hall–Kier alpha value is -1.88. The molecule has 0 heterocycles. The molecule has 1 aromatic carbocycles. The average Bonchev–Trinajstić information content (AvgIpc) is 3.05. The Bertz CT molecular complexity index is 539. The van der Waals surface area contributed by atoms with Crippen molar-refractivity contribution in [3.63, 3.8) is 0 Å². The van der Waals surface area contributed by atoms with E-state index in [4.69, 9.17) is 4.74 Å². The van der Waals surface area contributed by atoms with Crippen molar-refractivity contribution in [1.82, 2.24) is 10.2 Å². The molecule has 5 heteroatoms. The van der Waals surface area contributed by atoms with Crippen LogP contribution >= 0.6 is 0 Å². The standard InChI is InChI=1S/C19H28N2O3/c1-14(2)20-17(22)13-21(3)19(23)18(15-9-5-4-6-10-15)24-16-11-7-8-12-16/h4-6,9-10,14,16,18H,7-8,11-13H2,1-3H3,(H,20,22)/t18-/m0/s1. The summed E-state index contributed by atoms with van der Waals surface area (Å²) in [5.41, 5.74) is 0.838. The molecule has 0 aromatic heterocycles. The van der Waals surface area contributed by atoms with Crippen LogP contribution in [0.2, 0.25) is 0 Å². The number of nitrogens with zero attached hydrogens (tertiary/aromatic N) is 1. The molecule has 0 spiro atoms. The lowest BCUT2D eigenvalue weighted by molar-refractivity contribution is -0.149. The first kappa shape index (κ1) is 18.5. The molecule has 132 valence electrons. The molecule has 1 saturated carbocycles. The molecule has 0 unspecified atom stereocenters. The van der Waals surface area contributed by atoms with E-state index in [2.05, 4.69) is 5.32 Å². The molecule has 1 fully saturated rings. The summed E-state index contributed by atoms with van der Waals surface area (Å²) in [6, 6.07) is 9.58. The van der Waals surface area contributed by atoms with Crippen molar-refractivity contribution in [2.24, 2.45) is 0 Å². The van der Waals surface area contributed by atoms with E-state index in [1.807, 2.05) is 44.2 Å². The Balaban J connectivity index is 2.07. The highest BCUT2D eigenvalue weighted by molar-refractivity contribution is 5.87. The number of hydrogen-bond acceptors (Lipinski definition) is 3. The van der Waals surface area contributed by atoms with E-state index >= 15 is 0 Å². The summed E-state index contributed by atoms with van der Waals surface area (Å²) >= 11 is 0. The second-order valence-corrected chi connectivity index (χ2v) is 6.75. The number of rotatable bonds is 7. The first-order chi connectivity index (χ1) is 11.5. The molecule has 2 rings (SSSR count). The third kappa shape index (κ3) is 5.34. The van der Waals surface area contributed by atoms with Gasteiger partial charge in [-0.2, -0.15) is 0 Å². The molecule has 0 bridgehead atoms. The minimum atomic E-state index is -0.647. The Kier molecular flexibility index (Phi) is 6.79. The largest absolute Gasteiger partial charge is 0.360 e. The van der Waals surface area contributed by atoms with Gasteiger partial charge in [-0.1, -0.05) is 43.2 Å². The van der Waals surface area contributed by atoms with Crippen molar-refractivity contribution in [1.29, 1.82) is 0 Å². The first-order valence-corrected chi connectivity index (χ1v) is 8.72. The van der Waals surface area contributed by atoms with Crippen LogP contribution in [0.1, 0.15) is 51.2 Å². The smallest absolute Gasteiger partial charge is 0.256 e. The highest BCUT2D eigenvalue weighted by atomic mass is 16.5. The normalized spacial score (nSPS) is 16.2. The van der Waals surface area contributed by atoms with Crippen LogP contribution in [-0.2, 0) is 14.3 Å². The van der Waals surface area contributed by atoms with Crippen molar-refractivity contribution in [2.75, 3.05) is 13.6 Å². The SMILES string of the molecule is CC(C)NC(=O)CN(C)C(=O)[C@@H](OC1CCCC1)c1ccccc1. The van der Waals surface area contributed by atoms with Crippen LogP contribution in [0.5, 0.6) is 0 Å². The van der Waals surface area contributed by atoms with Gasteiger partial charge >= 0.3 is 0 Å². The fourth-order valence-electron chi connectivity index (χ4n) is 2.99. The number of amides is 2. The molecular formula is C19H28N2O3. The fraction of sp³-hybridized carbons (Fsp3) is 0.579. The third-order valence-electron chi connectivity index (χ3n) is 4.16. The Morgan fingerprint density at radius 2 is 1.83 bits per heavy atom. The minimum Gasteiger partial charge on any atom is -0.360 e. The summed E-state index contributed by atoms with van der Waals surface area (Å²) in [5, 5.41) is 2.81. The molecule has 1 aromatic rings. The van der Waals surface area contributed by atoms with E-state index in [0.29, 0.717) is 0 Å². The average molecular weight is 332 g/mol. The zero-order valence-corrected chi connectivity index (χ0v) is 14.8. The summed E-state index contributed by atoms with van der Waals surface area (Å²) in [5.74, 6) is -0.333. The third-order valence-corrected chi connectivity index (χ3v) is 4.16. The van der Waals surface area contributed by atoms with Crippen LogP contribution < -0.4 is 5.32 Å². The van der Waals surface area contributed by atoms with Gasteiger partial charge in [0.05, 0.1) is 12.6 Å². The monoisotopic (exact) mass is 332 g/mol. The lowest BCUT2D eigenvalue weighted by Gasteiger charge is -2.26. The van der Waals surface area contributed by atoms with Crippen molar-refractivity contribution in [2.45, 2.75) is 57.8 Å². The first-order valence-electron chi connectivity index (χ1n) is 8.72. The number of benzene rings is 1. The lowest BCUT2D eigenvalue weighted by atomic mass is 10.1. The molecule has 2 amide bonds. The van der Waals surface area contributed by atoms with E-state index in [0.717, 1.165) is 31.2 Å². The number of carbonyl (C=O) groups excluding carboxylic acids is 2. The Morgan fingerprint density at radius 1 is 1.21 bits per heavy atom. The van der Waals surface area contributed by atoms with Gasteiger partial charge in [0, 0.05) is 13.1 Å². The quantitative estimate of drug-likeness (QED) is 0.835. The number of carbonyl (C=O) groups is 2. The van der Waals surface area contributed by atoms with E-state index < -0.39 is 6.10 Å². The maximum atomic E-state index is 12.9. The van der Waals surface area contributed by atoms with Crippen LogP contribution in [0.25, 0.3) is 0 Å². The maximum absolute atomic E-state index is 12.9. The van der Waals surface area contributed by atoms with E-state index in [-0.39, 0.29) is 30.5 Å². The van der Waals surface area contributed by atoms with Crippen molar-refractivity contribution in [3.8, 4) is 0 Å². The number of nitrogens with one attached hydrogen (secondary N) is 1. The van der Waals surface area contributed by atoms with Crippen molar-refractivity contribution in [3.05, 3.63) is 35.9 Å². The Labute approximate surface area is 144 Å². The van der Waals surface area contributed by atoms with E-state index in [1.165, 1.54) is 4.90 Å². The van der Waals surface area contributed by atoms with Gasteiger partial charge in [0.15, 0.2) is 6.10 Å². The lowest BCUT2D eigenvalue weighted by Crippen LogP contribution is -2.43. The summed E-state index contributed by atoms with van der Waals surface area (Å²) in [6.07, 6.45) is 3.76. The van der Waals surface area contributed by atoms with E-state index in [9.17, 15) is 9.59 Å². The predicted molar refractivity (Wildman–Crippen MR) is 93.4 cm³/mol. The fourth-order valence-corrected chi connectivity index (χ4v) is 2.99. The summed E-state index contributed by atoms with van der Waals surface area (Å²) in [7, 11) is 1.65. The molecule has 5 nitrogen and oxygen atoms in total. The van der Waals surface area contributed by atoms with Crippen LogP contribution in [0.4, 0.5) is 0 Å². The molecule has 1 aliphatic carbocycles. The van der Waals surface area contributed by atoms with Crippen LogP contribution in [0.15, 0.2) is 30.3 Å². The zero-order valence-electron chi connectivity index (χ0n) is 14.8. The van der Waals surface area contributed by atoms with Gasteiger partial charge in [0.25, 0.3) is 5.91 Å². The molecule has 1 N–H and O–H groups in total. The van der Waals surface area contributed by atoms with Crippen molar-refractivity contribution < 1.29 is 14.3 Å². The summed E-state index contributed by atoms with van der Waals surface area (Å²) < 4.78 is 6.12. The number of ether oxygens (including phenoxy) is 1. The molecule has 24 heavy (non-hydrogen) atoms. The van der Waals surface area contributed by atoms with Gasteiger partial charge in [0.2, 0.25) is 5.91 Å². The van der Waals surface area contributed by atoms with Crippen LogP contribution in [0.3, 0.4) is 0 Å². The molecule has 1 atom stereocenters. The zero-order chi connectivity index (χ0) is 17.5. The maximum Gasteiger partial charge on any atom is 0.256 e. The van der Waals surface area contributed by atoms with Gasteiger partial charge in [-0.3, -0.25) is 9.59 Å². The number of hydrogen-bond donors (Lipinski definition) is 1. The van der Waals surface area contributed by atoms with Crippen LogP contribution in [-0.4, -0.2) is 42.5 Å². The minimum absolute atomic E-state index is 0.0361. The highest BCUT2D eigenvalue weighted by Gasteiger charge is 2.29. The Morgan fingerprint density at radius 3 is 2.42 bits per heavy atom. The molecule has 0 aliphatic heterocycles. The summed E-state index contributed by atoms with van der Waals surface area (Å²) in [4.78, 5) is 26.2. The van der Waals surface area contributed by atoms with Gasteiger partial charge in [-0.05, 0) is 32.3 Å².